The minimum absolute atomic E-state index is 0.0415. The Morgan fingerprint density at radius 3 is 2.54 bits per heavy atom. The molecule has 1 aromatic rings. The van der Waals surface area contributed by atoms with Crippen molar-refractivity contribution < 1.29 is 14.6 Å². The van der Waals surface area contributed by atoms with E-state index in [0.29, 0.717) is 0 Å². The Bertz CT molecular complexity index is 582. The number of aryl methyl sites for hydroxylation is 2. The van der Waals surface area contributed by atoms with Crippen LogP contribution < -0.4 is 4.74 Å². The lowest BCUT2D eigenvalue weighted by Crippen LogP contribution is -2.54. The summed E-state index contributed by atoms with van der Waals surface area (Å²) in [5.41, 5.74) is 2.39. The number of aliphatic hydroxyl groups excluding tert-OH is 1. The van der Waals surface area contributed by atoms with Gasteiger partial charge in [-0.15, -0.1) is 0 Å². The minimum Gasteiger partial charge on any atom is -0.484 e. The van der Waals surface area contributed by atoms with Gasteiger partial charge in [0.15, 0.2) is 6.61 Å². The van der Waals surface area contributed by atoms with Gasteiger partial charge >= 0.3 is 0 Å². The second-order valence-electron chi connectivity index (χ2n) is 7.02. The molecule has 2 aliphatic rings. The molecule has 1 aliphatic carbocycles. The fourth-order valence-corrected chi connectivity index (χ4v) is 3.69. The topological polar surface area (TPSA) is 53.0 Å². The lowest BCUT2D eigenvalue weighted by molar-refractivity contribution is -0.135. The van der Waals surface area contributed by atoms with Gasteiger partial charge in [-0.3, -0.25) is 9.69 Å². The fraction of sp³-hybridized carbons (Fsp3) is 0.632. The summed E-state index contributed by atoms with van der Waals surface area (Å²) in [5, 5.41) is 10.0. The normalized spacial score (nSPS) is 25.0. The van der Waals surface area contributed by atoms with Gasteiger partial charge in [0.2, 0.25) is 0 Å². The first-order valence-electron chi connectivity index (χ1n) is 8.94. The van der Waals surface area contributed by atoms with Crippen LogP contribution >= 0.6 is 0 Å². The predicted molar refractivity (Wildman–Crippen MR) is 93.2 cm³/mol. The Hall–Kier alpha value is -1.59. The zero-order valence-corrected chi connectivity index (χ0v) is 14.7. The predicted octanol–water partition coefficient (Wildman–Crippen LogP) is 1.74. The maximum Gasteiger partial charge on any atom is 0.260 e. The van der Waals surface area contributed by atoms with Gasteiger partial charge in [0.05, 0.1) is 6.10 Å². The van der Waals surface area contributed by atoms with Gasteiger partial charge < -0.3 is 14.7 Å². The van der Waals surface area contributed by atoms with E-state index >= 15 is 0 Å². The summed E-state index contributed by atoms with van der Waals surface area (Å²) >= 11 is 0. The zero-order chi connectivity index (χ0) is 17.1. The first-order chi connectivity index (χ1) is 11.5. The molecule has 132 valence electrons. The van der Waals surface area contributed by atoms with Gasteiger partial charge in [-0.1, -0.05) is 6.07 Å². The molecule has 1 heterocycles. The third-order valence-electron chi connectivity index (χ3n) is 5.42. The number of hydrogen-bond donors (Lipinski definition) is 1. The Balaban J connectivity index is 1.45. The van der Waals surface area contributed by atoms with Crippen molar-refractivity contribution in [1.82, 2.24) is 9.80 Å². The van der Waals surface area contributed by atoms with Gasteiger partial charge in [-0.05, 0) is 56.4 Å². The molecule has 1 aliphatic heterocycles. The SMILES string of the molecule is Cc1ccc(OCC(=O)N2CCN(C3CCCC3O)CC2)cc1C. The van der Waals surface area contributed by atoms with Crippen molar-refractivity contribution >= 4 is 5.91 Å². The van der Waals surface area contributed by atoms with Crippen LogP contribution in [0.1, 0.15) is 30.4 Å². The van der Waals surface area contributed by atoms with Crippen LogP contribution in [0.2, 0.25) is 0 Å². The standard InChI is InChI=1S/C19H28N2O3/c1-14-6-7-16(12-15(14)2)24-13-19(23)21-10-8-20(9-11-21)17-4-3-5-18(17)22/h6-7,12,17-18,22H,3-5,8-11,13H2,1-2H3. The first-order valence-corrected chi connectivity index (χ1v) is 8.94. The Morgan fingerprint density at radius 2 is 1.92 bits per heavy atom. The average molecular weight is 332 g/mol. The minimum atomic E-state index is -0.194. The van der Waals surface area contributed by atoms with Gasteiger partial charge in [0.1, 0.15) is 5.75 Å². The van der Waals surface area contributed by atoms with Gasteiger partial charge in [-0.2, -0.15) is 0 Å². The molecule has 2 atom stereocenters. The molecule has 5 nitrogen and oxygen atoms in total. The molecular weight excluding hydrogens is 304 g/mol. The smallest absolute Gasteiger partial charge is 0.260 e. The number of benzene rings is 1. The van der Waals surface area contributed by atoms with Crippen molar-refractivity contribution in [3.63, 3.8) is 0 Å². The molecule has 0 bridgehead atoms. The second-order valence-corrected chi connectivity index (χ2v) is 7.02. The molecule has 1 N–H and O–H groups in total. The first kappa shape index (κ1) is 17.2. The molecule has 2 unspecified atom stereocenters. The number of aliphatic hydroxyl groups is 1. The fourth-order valence-electron chi connectivity index (χ4n) is 3.69. The van der Waals surface area contributed by atoms with E-state index in [2.05, 4.69) is 11.8 Å². The number of carbonyl (C=O) groups is 1. The highest BCUT2D eigenvalue weighted by Gasteiger charge is 2.33. The monoisotopic (exact) mass is 332 g/mol. The summed E-state index contributed by atoms with van der Waals surface area (Å²) in [6.45, 7) is 7.32. The maximum atomic E-state index is 12.3. The molecular formula is C19H28N2O3. The van der Waals surface area contributed by atoms with E-state index in [4.69, 9.17) is 4.74 Å². The van der Waals surface area contributed by atoms with E-state index in [9.17, 15) is 9.90 Å². The molecule has 24 heavy (non-hydrogen) atoms. The Morgan fingerprint density at radius 1 is 1.17 bits per heavy atom. The Kier molecular flexibility index (Phi) is 5.41. The van der Waals surface area contributed by atoms with Crippen molar-refractivity contribution in [2.24, 2.45) is 0 Å². The molecule has 0 radical (unpaired) electrons. The third kappa shape index (κ3) is 3.90. The number of piperazine rings is 1. The highest BCUT2D eigenvalue weighted by molar-refractivity contribution is 5.77. The van der Waals surface area contributed by atoms with Crippen molar-refractivity contribution in [1.29, 1.82) is 0 Å². The van der Waals surface area contributed by atoms with E-state index in [1.807, 2.05) is 30.0 Å². The molecule has 2 fully saturated rings. The molecule has 0 aromatic heterocycles. The van der Waals surface area contributed by atoms with Gasteiger partial charge in [-0.25, -0.2) is 0 Å². The van der Waals surface area contributed by atoms with Crippen molar-refractivity contribution in [3.8, 4) is 5.75 Å². The zero-order valence-electron chi connectivity index (χ0n) is 14.7. The summed E-state index contributed by atoms with van der Waals surface area (Å²) in [6.07, 6.45) is 2.90. The molecule has 1 saturated heterocycles. The lowest BCUT2D eigenvalue weighted by Gasteiger charge is -2.39. The van der Waals surface area contributed by atoms with Crippen LogP contribution in [0.4, 0.5) is 0 Å². The van der Waals surface area contributed by atoms with Crippen LogP contribution in [0.15, 0.2) is 18.2 Å². The number of amides is 1. The maximum absolute atomic E-state index is 12.3. The van der Waals surface area contributed by atoms with Crippen LogP contribution in [-0.2, 0) is 4.79 Å². The highest BCUT2D eigenvalue weighted by Crippen LogP contribution is 2.25. The number of hydrogen-bond acceptors (Lipinski definition) is 4. The average Bonchev–Trinajstić information content (AvgIpc) is 3.02. The lowest BCUT2D eigenvalue weighted by atomic mass is 10.1. The summed E-state index contributed by atoms with van der Waals surface area (Å²) < 4.78 is 5.66. The number of nitrogens with zero attached hydrogens (tertiary/aromatic N) is 2. The molecule has 0 spiro atoms. The third-order valence-corrected chi connectivity index (χ3v) is 5.42. The number of carbonyl (C=O) groups excluding carboxylic acids is 1. The molecule has 1 amide bonds. The van der Waals surface area contributed by atoms with Crippen LogP contribution in [0.25, 0.3) is 0 Å². The number of ether oxygens (including phenoxy) is 1. The quantitative estimate of drug-likeness (QED) is 0.912. The van der Waals surface area contributed by atoms with E-state index < -0.39 is 0 Å². The van der Waals surface area contributed by atoms with Crippen LogP contribution in [0.3, 0.4) is 0 Å². The summed E-state index contributed by atoms with van der Waals surface area (Å²) in [6, 6.07) is 6.19. The molecule has 1 aromatic carbocycles. The number of rotatable bonds is 4. The second kappa shape index (κ2) is 7.53. The molecule has 5 heteroatoms. The van der Waals surface area contributed by atoms with Crippen molar-refractivity contribution in [2.45, 2.75) is 45.3 Å². The van der Waals surface area contributed by atoms with Crippen molar-refractivity contribution in [2.75, 3.05) is 32.8 Å². The van der Waals surface area contributed by atoms with E-state index in [1.54, 1.807) is 0 Å². The summed E-state index contributed by atoms with van der Waals surface area (Å²) in [5.74, 6) is 0.791. The summed E-state index contributed by atoms with van der Waals surface area (Å²) in [4.78, 5) is 16.6. The molecule has 1 saturated carbocycles. The van der Waals surface area contributed by atoms with E-state index in [0.717, 1.165) is 51.2 Å². The van der Waals surface area contributed by atoms with Crippen LogP contribution in [0, 0.1) is 13.8 Å². The largest absolute Gasteiger partial charge is 0.484 e. The van der Waals surface area contributed by atoms with Crippen molar-refractivity contribution in [3.05, 3.63) is 29.3 Å². The highest BCUT2D eigenvalue weighted by atomic mass is 16.5. The summed E-state index contributed by atoms with van der Waals surface area (Å²) in [7, 11) is 0. The van der Waals surface area contributed by atoms with E-state index in [1.165, 1.54) is 11.1 Å². The molecule has 3 rings (SSSR count). The van der Waals surface area contributed by atoms with Gasteiger partial charge in [0.25, 0.3) is 5.91 Å². The van der Waals surface area contributed by atoms with E-state index in [-0.39, 0.29) is 24.7 Å². The van der Waals surface area contributed by atoms with Crippen LogP contribution in [-0.4, -0.2) is 65.7 Å². The van der Waals surface area contributed by atoms with Crippen LogP contribution in [0.5, 0.6) is 5.75 Å². The van der Waals surface area contributed by atoms with Gasteiger partial charge in [0, 0.05) is 32.2 Å². The Labute approximate surface area is 144 Å².